The van der Waals surface area contributed by atoms with Crippen LogP contribution in [0.2, 0.25) is 0 Å². The van der Waals surface area contributed by atoms with Crippen LogP contribution in [0.3, 0.4) is 0 Å². The molecule has 0 aliphatic rings. The summed E-state index contributed by atoms with van der Waals surface area (Å²) in [6, 6.07) is 0. The molecule has 0 aliphatic carbocycles. The van der Waals surface area contributed by atoms with Crippen LogP contribution in [0.1, 0.15) is 19.8 Å². The molecule has 0 amide bonds. The molecule has 0 bridgehead atoms. The van der Waals surface area contributed by atoms with Crippen LogP contribution in [0.15, 0.2) is 12.7 Å². The fourth-order valence-corrected chi connectivity index (χ4v) is 1.16. The van der Waals surface area contributed by atoms with Crippen molar-refractivity contribution in [2.45, 2.75) is 19.8 Å². The number of nitrogens with zero attached hydrogens (tertiary/aromatic N) is 1. The molecule has 14 heavy (non-hydrogen) atoms. The number of hydrogen-bond acceptors (Lipinski definition) is 3. The maximum atomic E-state index is 8.79. The summed E-state index contributed by atoms with van der Waals surface area (Å²) in [5, 5.41) is 8.79. The predicted molar refractivity (Wildman–Crippen MR) is 59.4 cm³/mol. The molecular formula is C11H23NO2. The number of hydrogen-bond donors (Lipinski definition) is 1. The highest BCUT2D eigenvalue weighted by molar-refractivity contribution is 4.72. The van der Waals surface area contributed by atoms with Crippen molar-refractivity contribution in [3.05, 3.63) is 12.7 Å². The van der Waals surface area contributed by atoms with Gasteiger partial charge in [0, 0.05) is 26.2 Å². The normalized spacial score (nSPS) is 10.8. The molecule has 0 rings (SSSR count). The van der Waals surface area contributed by atoms with Gasteiger partial charge in [0.15, 0.2) is 0 Å². The molecule has 84 valence electrons. The van der Waals surface area contributed by atoms with Crippen molar-refractivity contribution in [1.29, 1.82) is 0 Å². The smallest absolute Gasteiger partial charge is 0.0593 e. The zero-order valence-corrected chi connectivity index (χ0v) is 9.24. The van der Waals surface area contributed by atoms with Crippen LogP contribution >= 0.6 is 0 Å². The van der Waals surface area contributed by atoms with Crippen molar-refractivity contribution in [1.82, 2.24) is 4.90 Å². The highest BCUT2D eigenvalue weighted by atomic mass is 16.5. The van der Waals surface area contributed by atoms with Gasteiger partial charge in [-0.25, -0.2) is 0 Å². The Hall–Kier alpha value is -0.380. The van der Waals surface area contributed by atoms with E-state index in [2.05, 4.69) is 18.4 Å². The second-order valence-corrected chi connectivity index (χ2v) is 3.28. The van der Waals surface area contributed by atoms with Crippen LogP contribution in [0, 0.1) is 0 Å². The minimum atomic E-state index is 0.197. The van der Waals surface area contributed by atoms with E-state index in [1.807, 2.05) is 6.08 Å². The summed E-state index contributed by atoms with van der Waals surface area (Å²) < 4.78 is 5.44. The van der Waals surface area contributed by atoms with Crippen LogP contribution in [0.5, 0.6) is 0 Å². The van der Waals surface area contributed by atoms with Crippen LogP contribution in [0.25, 0.3) is 0 Å². The number of aliphatic hydroxyl groups excluding tert-OH is 1. The van der Waals surface area contributed by atoms with Crippen LogP contribution < -0.4 is 0 Å². The highest BCUT2D eigenvalue weighted by Gasteiger charge is 2.00. The molecule has 0 radical (unpaired) electrons. The first-order valence-electron chi connectivity index (χ1n) is 5.37. The number of ether oxygens (including phenoxy) is 1. The van der Waals surface area contributed by atoms with Crippen molar-refractivity contribution < 1.29 is 9.84 Å². The van der Waals surface area contributed by atoms with Gasteiger partial charge in [0.2, 0.25) is 0 Å². The van der Waals surface area contributed by atoms with E-state index in [-0.39, 0.29) is 6.61 Å². The zero-order valence-electron chi connectivity index (χ0n) is 9.24. The molecule has 0 heterocycles. The Labute approximate surface area is 87.4 Å². The minimum Gasteiger partial charge on any atom is -0.395 e. The van der Waals surface area contributed by atoms with Gasteiger partial charge in [-0.1, -0.05) is 19.4 Å². The number of aliphatic hydroxyl groups is 1. The molecule has 3 heteroatoms. The van der Waals surface area contributed by atoms with Crippen molar-refractivity contribution in [3.63, 3.8) is 0 Å². The molecular weight excluding hydrogens is 178 g/mol. The summed E-state index contributed by atoms with van der Waals surface area (Å²) >= 11 is 0. The molecule has 0 aromatic carbocycles. The quantitative estimate of drug-likeness (QED) is 0.427. The first-order chi connectivity index (χ1) is 6.85. The summed E-state index contributed by atoms with van der Waals surface area (Å²) in [5.74, 6) is 0. The molecule has 0 saturated heterocycles. The highest BCUT2D eigenvalue weighted by Crippen LogP contribution is 1.91. The van der Waals surface area contributed by atoms with E-state index in [0.29, 0.717) is 6.54 Å². The van der Waals surface area contributed by atoms with E-state index in [1.54, 1.807) is 0 Å². The van der Waals surface area contributed by atoms with E-state index in [0.717, 1.165) is 32.7 Å². The largest absolute Gasteiger partial charge is 0.395 e. The van der Waals surface area contributed by atoms with Gasteiger partial charge < -0.3 is 9.84 Å². The van der Waals surface area contributed by atoms with Crippen LogP contribution in [-0.2, 0) is 4.74 Å². The van der Waals surface area contributed by atoms with Crippen LogP contribution in [0.4, 0.5) is 0 Å². The molecule has 0 atom stereocenters. The molecule has 0 aromatic heterocycles. The lowest BCUT2D eigenvalue weighted by Crippen LogP contribution is -2.30. The molecule has 0 spiro atoms. The Balaban J connectivity index is 3.35. The summed E-state index contributed by atoms with van der Waals surface area (Å²) in [6.45, 7) is 10.0. The first-order valence-corrected chi connectivity index (χ1v) is 5.37. The summed E-state index contributed by atoms with van der Waals surface area (Å²) in [6.07, 6.45) is 4.15. The summed E-state index contributed by atoms with van der Waals surface area (Å²) in [4.78, 5) is 2.12. The third-order valence-electron chi connectivity index (χ3n) is 2.00. The van der Waals surface area contributed by atoms with Gasteiger partial charge in [-0.2, -0.15) is 0 Å². The Kier molecular flexibility index (Phi) is 10.4. The second-order valence-electron chi connectivity index (χ2n) is 3.28. The van der Waals surface area contributed by atoms with Gasteiger partial charge in [-0.15, -0.1) is 6.58 Å². The van der Waals surface area contributed by atoms with Gasteiger partial charge in [-0.3, -0.25) is 4.90 Å². The Morgan fingerprint density at radius 1 is 1.36 bits per heavy atom. The minimum absolute atomic E-state index is 0.197. The maximum Gasteiger partial charge on any atom is 0.0593 e. The van der Waals surface area contributed by atoms with E-state index in [1.165, 1.54) is 6.42 Å². The maximum absolute atomic E-state index is 8.79. The summed E-state index contributed by atoms with van der Waals surface area (Å²) in [7, 11) is 0. The van der Waals surface area contributed by atoms with Crippen molar-refractivity contribution >= 4 is 0 Å². The Bertz CT molecular complexity index is 128. The molecule has 0 saturated carbocycles. The molecule has 0 aromatic rings. The van der Waals surface area contributed by atoms with Gasteiger partial charge >= 0.3 is 0 Å². The van der Waals surface area contributed by atoms with Gasteiger partial charge in [0.1, 0.15) is 0 Å². The second kappa shape index (κ2) is 10.7. The number of unbranched alkanes of at least 4 members (excludes halogenated alkanes) is 1. The first kappa shape index (κ1) is 13.6. The average Bonchev–Trinajstić information content (AvgIpc) is 2.18. The lowest BCUT2D eigenvalue weighted by Gasteiger charge is -2.18. The molecule has 0 unspecified atom stereocenters. The third kappa shape index (κ3) is 8.23. The lowest BCUT2D eigenvalue weighted by molar-refractivity contribution is 0.0982. The zero-order chi connectivity index (χ0) is 10.6. The van der Waals surface area contributed by atoms with Crippen molar-refractivity contribution in [2.24, 2.45) is 0 Å². The van der Waals surface area contributed by atoms with Crippen LogP contribution in [-0.4, -0.2) is 49.5 Å². The summed E-state index contributed by atoms with van der Waals surface area (Å²) in [5.41, 5.74) is 0. The van der Waals surface area contributed by atoms with Gasteiger partial charge in [0.05, 0.1) is 13.2 Å². The fourth-order valence-electron chi connectivity index (χ4n) is 1.16. The topological polar surface area (TPSA) is 32.7 Å². The average molecular weight is 201 g/mol. The van der Waals surface area contributed by atoms with E-state index >= 15 is 0 Å². The monoisotopic (exact) mass is 201 g/mol. The third-order valence-corrected chi connectivity index (χ3v) is 2.00. The lowest BCUT2D eigenvalue weighted by atomic mass is 10.4. The fraction of sp³-hybridized carbons (Fsp3) is 0.818. The van der Waals surface area contributed by atoms with E-state index in [4.69, 9.17) is 9.84 Å². The molecule has 1 N–H and O–H groups in total. The predicted octanol–water partition coefficient (Wildman–Crippen LogP) is 1.28. The molecule has 0 fully saturated rings. The van der Waals surface area contributed by atoms with Crippen molar-refractivity contribution in [3.8, 4) is 0 Å². The SMILES string of the molecule is C=CCN(CCO)CCOCCCC. The van der Waals surface area contributed by atoms with Gasteiger partial charge in [0.25, 0.3) is 0 Å². The Morgan fingerprint density at radius 3 is 2.71 bits per heavy atom. The molecule has 0 aliphatic heterocycles. The van der Waals surface area contributed by atoms with Crippen molar-refractivity contribution in [2.75, 3.05) is 39.5 Å². The van der Waals surface area contributed by atoms with Gasteiger partial charge in [-0.05, 0) is 6.42 Å². The van der Waals surface area contributed by atoms with E-state index < -0.39 is 0 Å². The van der Waals surface area contributed by atoms with E-state index in [9.17, 15) is 0 Å². The molecule has 3 nitrogen and oxygen atoms in total. The Morgan fingerprint density at radius 2 is 2.14 bits per heavy atom. The number of rotatable bonds is 10. The standard InChI is InChI=1S/C11H23NO2/c1-3-5-10-14-11-8-12(6-4-2)7-9-13/h4,13H,2-3,5-11H2,1H3.